The predicted molar refractivity (Wildman–Crippen MR) is 69.8 cm³/mol. The van der Waals surface area contributed by atoms with Gasteiger partial charge in [0.2, 0.25) is 17.8 Å². The van der Waals surface area contributed by atoms with Gasteiger partial charge >= 0.3 is 6.01 Å². The summed E-state index contributed by atoms with van der Waals surface area (Å²) in [6, 6.07) is 0.173. The lowest BCUT2D eigenvalue weighted by atomic mass is 10.00. The van der Waals surface area contributed by atoms with Gasteiger partial charge in [-0.15, -0.1) is 0 Å². The Morgan fingerprint density at radius 3 is 2.84 bits per heavy atom. The fraction of sp³-hybridized carbons (Fsp3) is 0.636. The molecule has 1 fully saturated rings. The lowest BCUT2D eigenvalue weighted by Gasteiger charge is -2.41. The molecule has 0 saturated carbocycles. The Kier molecular flexibility index (Phi) is 3.41. The van der Waals surface area contributed by atoms with Crippen LogP contribution in [-0.2, 0) is 4.79 Å². The largest absolute Gasteiger partial charge is 0.464 e. The van der Waals surface area contributed by atoms with Crippen LogP contribution >= 0.6 is 0 Å². The summed E-state index contributed by atoms with van der Waals surface area (Å²) >= 11 is 0. The number of aromatic nitrogens is 3. The van der Waals surface area contributed by atoms with Crippen molar-refractivity contribution < 1.29 is 9.53 Å². The van der Waals surface area contributed by atoms with Crippen LogP contribution in [0.2, 0.25) is 0 Å². The second-order valence-corrected chi connectivity index (χ2v) is 4.68. The summed E-state index contributed by atoms with van der Waals surface area (Å²) in [7, 11) is 0. The van der Waals surface area contributed by atoms with Crippen LogP contribution in [0.5, 0.6) is 6.01 Å². The maximum Gasteiger partial charge on any atom is 0.323 e. The summed E-state index contributed by atoms with van der Waals surface area (Å²) in [4.78, 5) is 25.9. The number of anilines is 2. The molecule has 19 heavy (non-hydrogen) atoms. The summed E-state index contributed by atoms with van der Waals surface area (Å²) in [5.74, 6) is 0.363. The lowest BCUT2D eigenvalue weighted by molar-refractivity contribution is -0.126. The molecule has 1 aliphatic heterocycles. The van der Waals surface area contributed by atoms with Crippen LogP contribution in [-0.4, -0.2) is 46.1 Å². The van der Waals surface area contributed by atoms with Gasteiger partial charge in [0.15, 0.2) is 0 Å². The highest BCUT2D eigenvalue weighted by Gasteiger charge is 2.39. The molecule has 0 atom stereocenters. The van der Waals surface area contributed by atoms with Crippen molar-refractivity contribution in [3.8, 4) is 6.01 Å². The number of piperazine rings is 1. The molecule has 104 valence electrons. The second kappa shape index (κ2) is 4.87. The van der Waals surface area contributed by atoms with E-state index in [1.165, 1.54) is 0 Å². The van der Waals surface area contributed by atoms with Gasteiger partial charge in [-0.25, -0.2) is 0 Å². The van der Waals surface area contributed by atoms with E-state index in [0.29, 0.717) is 25.6 Å². The van der Waals surface area contributed by atoms with Crippen LogP contribution < -0.4 is 20.7 Å². The van der Waals surface area contributed by atoms with Crippen LogP contribution in [0.1, 0.15) is 20.8 Å². The molecule has 1 saturated heterocycles. The summed E-state index contributed by atoms with van der Waals surface area (Å²) in [6.45, 7) is 7.03. The molecule has 3 N–H and O–H groups in total. The molecule has 1 aromatic heterocycles. The molecule has 0 aliphatic carbocycles. The van der Waals surface area contributed by atoms with Gasteiger partial charge in [0.1, 0.15) is 5.54 Å². The van der Waals surface area contributed by atoms with E-state index in [2.05, 4.69) is 20.3 Å². The maximum absolute atomic E-state index is 11.9. The third kappa shape index (κ3) is 2.51. The molecule has 1 amide bonds. The summed E-state index contributed by atoms with van der Waals surface area (Å²) in [5, 5.41) is 2.81. The average Bonchev–Trinajstić information content (AvgIpc) is 2.32. The summed E-state index contributed by atoms with van der Waals surface area (Å²) in [6.07, 6.45) is 0. The highest BCUT2D eigenvalue weighted by Crippen LogP contribution is 2.24. The van der Waals surface area contributed by atoms with Crippen LogP contribution in [0.4, 0.5) is 11.9 Å². The molecule has 0 bridgehead atoms. The average molecular weight is 266 g/mol. The van der Waals surface area contributed by atoms with E-state index in [-0.39, 0.29) is 17.9 Å². The van der Waals surface area contributed by atoms with E-state index in [1.54, 1.807) is 4.90 Å². The zero-order chi connectivity index (χ0) is 14.0. The molecule has 1 aliphatic rings. The first-order chi connectivity index (χ1) is 8.95. The standard InChI is InChI=1S/C11H18N6O2/c1-4-19-10-15-8(12)14-9(16-10)17-6-5-13-7(18)11(17,2)3/h4-6H2,1-3H3,(H,13,18)(H2,12,14,15,16). The van der Waals surface area contributed by atoms with Gasteiger partial charge in [0, 0.05) is 13.1 Å². The highest BCUT2D eigenvalue weighted by molar-refractivity contribution is 5.89. The number of ether oxygens (including phenoxy) is 1. The van der Waals surface area contributed by atoms with Crippen molar-refractivity contribution in [2.45, 2.75) is 26.3 Å². The number of amides is 1. The van der Waals surface area contributed by atoms with Crippen LogP contribution in [0.25, 0.3) is 0 Å². The molecule has 0 unspecified atom stereocenters. The van der Waals surface area contributed by atoms with Crippen LogP contribution in [0.15, 0.2) is 0 Å². The Balaban J connectivity index is 2.37. The maximum atomic E-state index is 11.9. The number of nitrogens with two attached hydrogens (primary N) is 1. The minimum Gasteiger partial charge on any atom is -0.464 e. The van der Waals surface area contributed by atoms with E-state index in [1.807, 2.05) is 20.8 Å². The lowest BCUT2D eigenvalue weighted by Crippen LogP contribution is -2.62. The van der Waals surface area contributed by atoms with Crippen LogP contribution in [0, 0.1) is 0 Å². The van der Waals surface area contributed by atoms with Crippen LogP contribution in [0.3, 0.4) is 0 Å². The molecule has 0 aromatic carbocycles. The Morgan fingerprint density at radius 1 is 1.42 bits per heavy atom. The third-order valence-electron chi connectivity index (χ3n) is 2.99. The number of carbonyl (C=O) groups is 1. The first kappa shape index (κ1) is 13.3. The van der Waals surface area contributed by atoms with Gasteiger partial charge in [-0.3, -0.25) is 4.79 Å². The predicted octanol–water partition coefficient (Wildman–Crippen LogP) is -0.433. The summed E-state index contributed by atoms with van der Waals surface area (Å²) in [5.41, 5.74) is 4.91. The van der Waals surface area contributed by atoms with Crippen molar-refractivity contribution >= 4 is 17.8 Å². The Bertz CT molecular complexity index is 490. The van der Waals surface area contributed by atoms with Gasteiger partial charge in [0.05, 0.1) is 6.61 Å². The minimum atomic E-state index is -0.741. The van der Waals surface area contributed by atoms with Gasteiger partial charge in [-0.1, -0.05) is 0 Å². The molecule has 2 heterocycles. The summed E-state index contributed by atoms with van der Waals surface area (Å²) < 4.78 is 5.24. The SMILES string of the molecule is CCOc1nc(N)nc(N2CCNC(=O)C2(C)C)n1. The zero-order valence-electron chi connectivity index (χ0n) is 11.3. The van der Waals surface area contributed by atoms with Crippen molar-refractivity contribution in [3.63, 3.8) is 0 Å². The first-order valence-electron chi connectivity index (χ1n) is 6.15. The van der Waals surface area contributed by atoms with Gasteiger partial charge in [-0.05, 0) is 20.8 Å². The number of rotatable bonds is 3. The van der Waals surface area contributed by atoms with E-state index in [9.17, 15) is 4.79 Å². The molecular formula is C11H18N6O2. The van der Waals surface area contributed by atoms with Crippen molar-refractivity contribution in [1.82, 2.24) is 20.3 Å². The van der Waals surface area contributed by atoms with E-state index in [4.69, 9.17) is 10.5 Å². The minimum absolute atomic E-state index is 0.0734. The monoisotopic (exact) mass is 266 g/mol. The number of nitrogens with zero attached hydrogens (tertiary/aromatic N) is 4. The van der Waals surface area contributed by atoms with E-state index >= 15 is 0 Å². The van der Waals surface area contributed by atoms with E-state index < -0.39 is 5.54 Å². The van der Waals surface area contributed by atoms with Gasteiger partial charge < -0.3 is 20.7 Å². The molecule has 8 nitrogen and oxygen atoms in total. The van der Waals surface area contributed by atoms with Crippen molar-refractivity contribution in [1.29, 1.82) is 0 Å². The molecule has 8 heteroatoms. The number of nitrogens with one attached hydrogen (secondary N) is 1. The number of hydrogen-bond acceptors (Lipinski definition) is 7. The second-order valence-electron chi connectivity index (χ2n) is 4.68. The Morgan fingerprint density at radius 2 is 2.16 bits per heavy atom. The molecule has 0 radical (unpaired) electrons. The van der Waals surface area contributed by atoms with Crippen molar-refractivity contribution in [3.05, 3.63) is 0 Å². The number of hydrogen-bond donors (Lipinski definition) is 2. The molecule has 1 aromatic rings. The fourth-order valence-corrected chi connectivity index (χ4v) is 1.92. The first-order valence-corrected chi connectivity index (χ1v) is 6.15. The van der Waals surface area contributed by atoms with Crippen molar-refractivity contribution in [2.75, 3.05) is 30.3 Å². The van der Waals surface area contributed by atoms with Crippen molar-refractivity contribution in [2.24, 2.45) is 0 Å². The Hall–Kier alpha value is -2.12. The topological polar surface area (TPSA) is 106 Å². The third-order valence-corrected chi connectivity index (χ3v) is 2.99. The number of carbonyl (C=O) groups excluding carboxylic acids is 1. The normalized spacial score (nSPS) is 18.1. The zero-order valence-corrected chi connectivity index (χ0v) is 11.3. The smallest absolute Gasteiger partial charge is 0.323 e. The quantitative estimate of drug-likeness (QED) is 0.764. The molecular weight excluding hydrogens is 248 g/mol. The van der Waals surface area contributed by atoms with Gasteiger partial charge in [-0.2, -0.15) is 15.0 Å². The Labute approximate surface area is 111 Å². The van der Waals surface area contributed by atoms with Gasteiger partial charge in [0.25, 0.3) is 0 Å². The van der Waals surface area contributed by atoms with E-state index in [0.717, 1.165) is 0 Å². The fourth-order valence-electron chi connectivity index (χ4n) is 1.92. The number of nitrogen functional groups attached to an aromatic ring is 1. The highest BCUT2D eigenvalue weighted by atomic mass is 16.5. The molecule has 0 spiro atoms. The molecule has 2 rings (SSSR count).